The van der Waals surface area contributed by atoms with Gasteiger partial charge in [-0.15, -0.1) is 0 Å². The molecule has 1 heterocycles. The van der Waals surface area contributed by atoms with Crippen molar-refractivity contribution in [1.29, 1.82) is 5.41 Å². The summed E-state index contributed by atoms with van der Waals surface area (Å²) in [5, 5.41) is 14.6. The van der Waals surface area contributed by atoms with Crippen LogP contribution in [0.5, 0.6) is 0 Å². The Kier molecular flexibility index (Phi) is 7.71. The van der Waals surface area contributed by atoms with E-state index in [9.17, 15) is 10.2 Å². The first-order valence-electron chi connectivity index (χ1n) is 12.4. The van der Waals surface area contributed by atoms with Gasteiger partial charge in [0.2, 0.25) is 11.5 Å². The van der Waals surface area contributed by atoms with Crippen LogP contribution in [0, 0.1) is 19.3 Å². The maximum Gasteiger partial charge on any atom is 0.234 e. The van der Waals surface area contributed by atoms with Crippen LogP contribution in [-0.4, -0.2) is 47.1 Å². The monoisotopic (exact) mass is 471 g/mol. The largest absolute Gasteiger partial charge is 0.353 e. The van der Waals surface area contributed by atoms with Gasteiger partial charge in [0.15, 0.2) is 0 Å². The summed E-state index contributed by atoms with van der Waals surface area (Å²) < 4.78 is 4.24. The molecule has 0 spiro atoms. The zero-order chi connectivity index (χ0) is 24.9. The third kappa shape index (κ3) is 6.01. The van der Waals surface area contributed by atoms with E-state index >= 15 is 0 Å². The van der Waals surface area contributed by atoms with Crippen LogP contribution in [0.1, 0.15) is 41.1 Å². The molecule has 0 saturated heterocycles. The molecule has 1 aromatic heterocycles. The first-order chi connectivity index (χ1) is 16.8. The molecule has 6 heteroatoms. The molecule has 0 saturated carbocycles. The number of nitrogens with one attached hydrogen (secondary N) is 2. The Morgan fingerprint density at radius 3 is 2.11 bits per heavy atom. The first-order valence-corrected chi connectivity index (χ1v) is 12.4. The van der Waals surface area contributed by atoms with Crippen LogP contribution >= 0.6 is 0 Å². The van der Waals surface area contributed by atoms with Gasteiger partial charge in [-0.3, -0.25) is 10.2 Å². The highest BCUT2D eigenvalue weighted by molar-refractivity contribution is 5.77. The topological polar surface area (TPSA) is 66.1 Å². The van der Waals surface area contributed by atoms with Crippen LogP contribution in [0.15, 0.2) is 48.5 Å². The van der Waals surface area contributed by atoms with Crippen LogP contribution in [0.25, 0.3) is 12.2 Å². The predicted molar refractivity (Wildman–Crippen MR) is 141 cm³/mol. The SMILES string of the molecule is Cc1ccc(CC(CNC(=O)CN(C)C)n2c3c(n(Cc4ccc(C)cc4)c2=N)=CCCC=3)cc1. The van der Waals surface area contributed by atoms with Crippen molar-refractivity contribution < 1.29 is 4.79 Å². The summed E-state index contributed by atoms with van der Waals surface area (Å²) in [6, 6.07) is 17.0. The summed E-state index contributed by atoms with van der Waals surface area (Å²) in [6.45, 7) is 5.66. The minimum absolute atomic E-state index is 0.000431. The Bertz CT molecular complexity index is 1340. The van der Waals surface area contributed by atoms with Crippen molar-refractivity contribution in [2.75, 3.05) is 27.2 Å². The zero-order valence-corrected chi connectivity index (χ0v) is 21.3. The van der Waals surface area contributed by atoms with E-state index in [0.717, 1.165) is 30.0 Å². The normalized spacial score (nSPS) is 13.6. The maximum absolute atomic E-state index is 12.5. The van der Waals surface area contributed by atoms with Crippen LogP contribution in [-0.2, 0) is 17.8 Å². The van der Waals surface area contributed by atoms with Gasteiger partial charge < -0.3 is 19.4 Å². The summed E-state index contributed by atoms with van der Waals surface area (Å²) in [7, 11) is 3.79. The third-order valence-corrected chi connectivity index (χ3v) is 6.55. The maximum atomic E-state index is 12.5. The molecule has 4 rings (SSSR count). The number of fused-ring (bicyclic) bond motifs is 1. The van der Waals surface area contributed by atoms with Gasteiger partial charge in [-0.25, -0.2) is 0 Å². The van der Waals surface area contributed by atoms with Gasteiger partial charge >= 0.3 is 0 Å². The molecular formula is C29H37N5O. The highest BCUT2D eigenvalue weighted by atomic mass is 16.2. The number of aromatic nitrogens is 2. The summed E-state index contributed by atoms with van der Waals surface area (Å²) >= 11 is 0. The number of nitrogens with zero attached hydrogens (tertiary/aromatic N) is 3. The van der Waals surface area contributed by atoms with E-state index in [4.69, 9.17) is 0 Å². The average molecular weight is 472 g/mol. The van der Waals surface area contributed by atoms with Gasteiger partial charge in [0.1, 0.15) is 0 Å². The number of benzene rings is 2. The first kappa shape index (κ1) is 24.7. The Morgan fingerprint density at radius 2 is 1.51 bits per heavy atom. The number of carbonyl (C=O) groups excluding carboxylic acids is 1. The van der Waals surface area contributed by atoms with E-state index in [0.29, 0.717) is 25.3 Å². The van der Waals surface area contributed by atoms with Crippen LogP contribution in [0.2, 0.25) is 0 Å². The van der Waals surface area contributed by atoms with Gasteiger partial charge in [-0.05, 0) is 58.3 Å². The predicted octanol–water partition coefficient (Wildman–Crippen LogP) is 2.25. The number of hydrogen-bond acceptors (Lipinski definition) is 3. The summed E-state index contributed by atoms with van der Waals surface area (Å²) in [5.74, 6) is -0.000431. The summed E-state index contributed by atoms with van der Waals surface area (Å²) in [6.07, 6.45) is 7.19. The fourth-order valence-electron chi connectivity index (χ4n) is 4.71. The van der Waals surface area contributed by atoms with Gasteiger partial charge in [0.05, 0.1) is 29.8 Å². The van der Waals surface area contributed by atoms with Crippen molar-refractivity contribution in [1.82, 2.24) is 19.4 Å². The zero-order valence-electron chi connectivity index (χ0n) is 21.3. The molecule has 184 valence electrons. The van der Waals surface area contributed by atoms with Crippen molar-refractivity contribution in [2.24, 2.45) is 0 Å². The van der Waals surface area contributed by atoms with Gasteiger partial charge in [-0.1, -0.05) is 71.8 Å². The van der Waals surface area contributed by atoms with E-state index in [1.807, 2.05) is 19.0 Å². The van der Waals surface area contributed by atoms with Crippen LogP contribution in [0.3, 0.4) is 0 Å². The fourth-order valence-corrected chi connectivity index (χ4v) is 4.71. The molecule has 2 aromatic carbocycles. The average Bonchev–Trinajstić information content (AvgIpc) is 3.10. The number of likely N-dealkylation sites (N-methyl/N-ethyl adjacent to an activating group) is 1. The van der Waals surface area contributed by atoms with Crippen LogP contribution in [0.4, 0.5) is 0 Å². The van der Waals surface area contributed by atoms with E-state index in [1.165, 1.54) is 22.3 Å². The molecule has 1 aliphatic carbocycles. The van der Waals surface area contributed by atoms with Crippen molar-refractivity contribution in [3.8, 4) is 0 Å². The molecule has 35 heavy (non-hydrogen) atoms. The Morgan fingerprint density at radius 1 is 0.943 bits per heavy atom. The van der Waals surface area contributed by atoms with Crippen molar-refractivity contribution >= 4 is 18.1 Å². The Labute approximate surface area is 207 Å². The lowest BCUT2D eigenvalue weighted by Gasteiger charge is -2.21. The second-order valence-electron chi connectivity index (χ2n) is 9.91. The summed E-state index contributed by atoms with van der Waals surface area (Å²) in [5.41, 5.74) is 5.32. The molecule has 0 radical (unpaired) electrons. The second kappa shape index (κ2) is 10.9. The molecule has 1 unspecified atom stereocenters. The lowest BCUT2D eigenvalue weighted by atomic mass is 10.0. The number of imidazole rings is 1. The van der Waals surface area contributed by atoms with Crippen molar-refractivity contribution in [2.45, 2.75) is 45.7 Å². The molecule has 3 aromatic rings. The van der Waals surface area contributed by atoms with Gasteiger partial charge in [0.25, 0.3) is 0 Å². The highest BCUT2D eigenvalue weighted by Gasteiger charge is 2.20. The lowest BCUT2D eigenvalue weighted by Crippen LogP contribution is -2.43. The molecular weight excluding hydrogens is 434 g/mol. The van der Waals surface area contributed by atoms with Crippen molar-refractivity contribution in [3.05, 3.63) is 87.1 Å². The molecule has 0 aliphatic heterocycles. The third-order valence-electron chi connectivity index (χ3n) is 6.55. The quantitative estimate of drug-likeness (QED) is 0.503. The minimum atomic E-state index is -0.0629. The van der Waals surface area contributed by atoms with Gasteiger partial charge in [-0.2, -0.15) is 0 Å². The number of carbonyl (C=O) groups is 1. The van der Waals surface area contributed by atoms with E-state index in [1.54, 1.807) is 0 Å². The van der Waals surface area contributed by atoms with E-state index < -0.39 is 0 Å². The van der Waals surface area contributed by atoms with Crippen LogP contribution < -0.4 is 21.6 Å². The number of amides is 1. The van der Waals surface area contributed by atoms with E-state index in [-0.39, 0.29) is 11.9 Å². The highest BCUT2D eigenvalue weighted by Crippen LogP contribution is 2.13. The number of aryl methyl sites for hydroxylation is 2. The molecule has 2 N–H and O–H groups in total. The van der Waals surface area contributed by atoms with E-state index in [2.05, 4.69) is 89.0 Å². The molecule has 1 aliphatic rings. The minimum Gasteiger partial charge on any atom is -0.353 e. The number of hydrogen-bond donors (Lipinski definition) is 2. The Balaban J connectivity index is 1.74. The lowest BCUT2D eigenvalue weighted by molar-refractivity contribution is -0.121. The summed E-state index contributed by atoms with van der Waals surface area (Å²) in [4.78, 5) is 14.4. The standard InChI is InChI=1S/C29H37N5O/c1-21-9-13-23(14-10-21)17-25(18-31-28(35)20-32(3)4)34-27-8-6-5-7-26(27)33(29(34)30)19-24-15-11-22(2)12-16-24/h7-16,25,30H,5-6,17-20H2,1-4H3,(H,31,35). The second-order valence-corrected chi connectivity index (χ2v) is 9.91. The van der Waals surface area contributed by atoms with Crippen molar-refractivity contribution in [3.63, 3.8) is 0 Å². The van der Waals surface area contributed by atoms with Gasteiger partial charge in [0, 0.05) is 6.54 Å². The molecule has 6 nitrogen and oxygen atoms in total. The molecule has 1 amide bonds. The molecule has 1 atom stereocenters. The molecule has 0 fully saturated rings. The Hall–Kier alpha value is -3.38. The fraction of sp³-hybridized carbons (Fsp3) is 0.379. The smallest absolute Gasteiger partial charge is 0.234 e. The molecule has 0 bridgehead atoms. The number of rotatable bonds is 9.